The molecule has 1 saturated carbocycles. The highest BCUT2D eigenvalue weighted by atomic mass is 16.6. The van der Waals surface area contributed by atoms with Gasteiger partial charge in [-0.25, -0.2) is 9.59 Å². The molecule has 198 valence electrons. The molecule has 7 nitrogen and oxygen atoms in total. The molecule has 0 aliphatic heterocycles. The van der Waals surface area contributed by atoms with Crippen LogP contribution in [0.5, 0.6) is 0 Å². The van der Waals surface area contributed by atoms with Crippen LogP contribution in [0.15, 0.2) is 84.9 Å². The van der Waals surface area contributed by atoms with Crippen molar-refractivity contribution in [1.29, 1.82) is 0 Å². The number of hydrogen-bond acceptors (Lipinski definition) is 5. The Morgan fingerprint density at radius 2 is 1.45 bits per heavy atom. The molecule has 0 aromatic heterocycles. The lowest BCUT2D eigenvalue weighted by Gasteiger charge is -2.19. The molecule has 2 amide bonds. The highest BCUT2D eigenvalue weighted by Crippen LogP contribution is 2.41. The van der Waals surface area contributed by atoms with Crippen molar-refractivity contribution in [2.45, 2.75) is 63.8 Å². The van der Waals surface area contributed by atoms with Crippen molar-refractivity contribution in [3.05, 3.63) is 107 Å². The largest absolute Gasteiger partial charge is 0.445 e. The highest BCUT2D eigenvalue weighted by molar-refractivity contribution is 6.01. The average Bonchev–Trinajstić information content (AvgIpc) is 3.65. The number of ether oxygens (including phenoxy) is 2. The van der Waals surface area contributed by atoms with Gasteiger partial charge in [0.25, 0.3) is 0 Å². The predicted molar refractivity (Wildman–Crippen MR) is 145 cm³/mol. The standard InChI is InChI=1S/C31H34N2O5/c1-31(2,3)38-30(36)32-26-19-25(26)23-14-16-24(17-15-23)28(34)27(18-21-10-6-4-7-11-21)33-29(35)37-20-22-12-8-5-9-13-22/h4-17,25-27H,18-20H2,1-3H3,(H,32,36)(H,33,35)/t25?,26?,27-/m0/s1. The highest BCUT2D eigenvalue weighted by Gasteiger charge is 2.40. The third-order valence-electron chi connectivity index (χ3n) is 6.22. The third-order valence-corrected chi connectivity index (χ3v) is 6.22. The van der Waals surface area contributed by atoms with Crippen molar-refractivity contribution >= 4 is 18.0 Å². The van der Waals surface area contributed by atoms with E-state index in [1.165, 1.54) is 0 Å². The Morgan fingerprint density at radius 3 is 2.05 bits per heavy atom. The van der Waals surface area contributed by atoms with Crippen molar-refractivity contribution < 1.29 is 23.9 Å². The van der Waals surface area contributed by atoms with Crippen LogP contribution in [0.1, 0.15) is 60.2 Å². The van der Waals surface area contributed by atoms with E-state index in [2.05, 4.69) is 10.6 Å². The summed E-state index contributed by atoms with van der Waals surface area (Å²) in [6, 6.07) is 25.5. The monoisotopic (exact) mass is 514 g/mol. The maximum Gasteiger partial charge on any atom is 0.408 e. The van der Waals surface area contributed by atoms with Crippen molar-refractivity contribution in [3.8, 4) is 0 Å². The summed E-state index contributed by atoms with van der Waals surface area (Å²) in [6.07, 6.45) is 0.0872. The number of alkyl carbamates (subject to hydrolysis) is 2. The van der Waals surface area contributed by atoms with Gasteiger partial charge in [-0.15, -0.1) is 0 Å². The van der Waals surface area contributed by atoms with E-state index >= 15 is 0 Å². The van der Waals surface area contributed by atoms with E-state index in [4.69, 9.17) is 9.47 Å². The van der Waals surface area contributed by atoms with Gasteiger partial charge in [0.05, 0.1) is 6.04 Å². The molecule has 0 radical (unpaired) electrons. The molecule has 38 heavy (non-hydrogen) atoms. The van der Waals surface area contributed by atoms with Crippen molar-refractivity contribution in [2.75, 3.05) is 0 Å². The molecule has 0 spiro atoms. The Hall–Kier alpha value is -4.13. The maximum absolute atomic E-state index is 13.5. The Bertz CT molecular complexity index is 1240. The molecule has 1 aliphatic rings. The molecule has 3 aromatic carbocycles. The number of carbonyl (C=O) groups excluding carboxylic acids is 3. The summed E-state index contributed by atoms with van der Waals surface area (Å²) in [5.74, 6) is -0.0193. The van der Waals surface area contributed by atoms with E-state index in [0.29, 0.717) is 12.0 Å². The van der Waals surface area contributed by atoms with Gasteiger partial charge in [-0.2, -0.15) is 0 Å². The first-order valence-corrected chi connectivity index (χ1v) is 12.8. The number of ketones is 1. The van der Waals surface area contributed by atoms with E-state index in [0.717, 1.165) is 23.1 Å². The molecule has 0 saturated heterocycles. The number of amides is 2. The SMILES string of the molecule is CC(C)(C)OC(=O)NC1CC1c1ccc(C(=O)[C@H](Cc2ccccc2)NC(=O)OCc2ccccc2)cc1. The summed E-state index contributed by atoms with van der Waals surface area (Å²) >= 11 is 0. The minimum Gasteiger partial charge on any atom is -0.445 e. The second-order valence-electron chi connectivity index (χ2n) is 10.5. The van der Waals surface area contributed by atoms with E-state index < -0.39 is 23.8 Å². The first kappa shape index (κ1) is 26.9. The van der Waals surface area contributed by atoms with Gasteiger partial charge in [0.15, 0.2) is 5.78 Å². The zero-order chi connectivity index (χ0) is 27.1. The van der Waals surface area contributed by atoms with Gasteiger partial charge >= 0.3 is 12.2 Å². The molecule has 3 aromatic rings. The minimum atomic E-state index is -0.783. The van der Waals surface area contributed by atoms with Crippen LogP contribution >= 0.6 is 0 Å². The Labute approximate surface area is 223 Å². The molecule has 2 unspecified atom stereocenters. The number of hydrogen-bond donors (Lipinski definition) is 2. The van der Waals surface area contributed by atoms with Crippen LogP contribution < -0.4 is 10.6 Å². The fourth-order valence-corrected chi connectivity index (χ4v) is 4.24. The smallest absolute Gasteiger partial charge is 0.408 e. The summed E-state index contributed by atoms with van der Waals surface area (Å²) in [6.45, 7) is 5.61. The summed E-state index contributed by atoms with van der Waals surface area (Å²) in [5, 5.41) is 5.66. The van der Waals surface area contributed by atoms with E-state index in [1.54, 1.807) is 12.1 Å². The molecule has 0 heterocycles. The lowest BCUT2D eigenvalue weighted by Crippen LogP contribution is -2.42. The maximum atomic E-state index is 13.5. The van der Waals surface area contributed by atoms with Crippen LogP contribution in [-0.4, -0.2) is 35.7 Å². The quantitative estimate of drug-likeness (QED) is 0.353. The van der Waals surface area contributed by atoms with Gasteiger partial charge in [-0.05, 0) is 43.9 Å². The first-order chi connectivity index (χ1) is 18.2. The fourth-order valence-electron chi connectivity index (χ4n) is 4.24. The van der Waals surface area contributed by atoms with Crippen LogP contribution in [0.2, 0.25) is 0 Å². The van der Waals surface area contributed by atoms with Crippen LogP contribution in [-0.2, 0) is 22.5 Å². The summed E-state index contributed by atoms with van der Waals surface area (Å²) < 4.78 is 10.7. The van der Waals surface area contributed by atoms with Gasteiger partial charge < -0.3 is 20.1 Å². The fraction of sp³-hybridized carbons (Fsp3) is 0.323. The van der Waals surface area contributed by atoms with E-state index in [-0.39, 0.29) is 24.3 Å². The lowest BCUT2D eigenvalue weighted by atomic mass is 9.96. The van der Waals surface area contributed by atoms with Gasteiger partial charge in [0, 0.05) is 23.9 Å². The summed E-state index contributed by atoms with van der Waals surface area (Å²) in [5.41, 5.74) is 2.78. The summed E-state index contributed by atoms with van der Waals surface area (Å²) in [7, 11) is 0. The predicted octanol–water partition coefficient (Wildman–Crippen LogP) is 5.79. The lowest BCUT2D eigenvalue weighted by molar-refractivity contribution is 0.0522. The molecular formula is C31H34N2O5. The van der Waals surface area contributed by atoms with E-state index in [1.807, 2.05) is 93.6 Å². The minimum absolute atomic E-state index is 0.0123. The third kappa shape index (κ3) is 7.93. The zero-order valence-electron chi connectivity index (χ0n) is 22.0. The molecule has 2 N–H and O–H groups in total. The van der Waals surface area contributed by atoms with Gasteiger partial charge in [-0.1, -0.05) is 84.9 Å². The van der Waals surface area contributed by atoms with Crippen LogP contribution in [0, 0.1) is 0 Å². The van der Waals surface area contributed by atoms with Crippen molar-refractivity contribution in [3.63, 3.8) is 0 Å². The van der Waals surface area contributed by atoms with Crippen LogP contribution in [0.4, 0.5) is 9.59 Å². The van der Waals surface area contributed by atoms with Crippen molar-refractivity contribution in [2.24, 2.45) is 0 Å². The number of nitrogens with one attached hydrogen (secondary N) is 2. The summed E-state index contributed by atoms with van der Waals surface area (Å²) in [4.78, 5) is 38.1. The first-order valence-electron chi connectivity index (χ1n) is 12.8. The molecule has 0 bridgehead atoms. The molecule has 4 rings (SSSR count). The number of benzene rings is 3. The van der Waals surface area contributed by atoms with Crippen LogP contribution in [0.25, 0.3) is 0 Å². The van der Waals surface area contributed by atoms with E-state index in [9.17, 15) is 14.4 Å². The van der Waals surface area contributed by atoms with Gasteiger partial charge in [0.2, 0.25) is 0 Å². The van der Waals surface area contributed by atoms with Crippen molar-refractivity contribution in [1.82, 2.24) is 10.6 Å². The second-order valence-corrected chi connectivity index (χ2v) is 10.5. The Balaban J connectivity index is 1.38. The molecule has 7 heteroatoms. The molecule has 1 fully saturated rings. The van der Waals surface area contributed by atoms with Gasteiger partial charge in [-0.3, -0.25) is 4.79 Å². The normalized spacial score (nSPS) is 17.1. The topological polar surface area (TPSA) is 93.7 Å². The van der Waals surface area contributed by atoms with Gasteiger partial charge in [0.1, 0.15) is 12.2 Å². The Morgan fingerprint density at radius 1 is 0.842 bits per heavy atom. The number of rotatable bonds is 9. The number of carbonyl (C=O) groups is 3. The molecular weight excluding hydrogens is 480 g/mol. The Kier molecular flexibility index (Phi) is 8.46. The molecule has 3 atom stereocenters. The number of Topliss-reactive ketones (excluding diaryl/α,β-unsaturated/α-hetero) is 1. The zero-order valence-corrected chi connectivity index (χ0v) is 22.0. The van der Waals surface area contributed by atoms with Crippen LogP contribution in [0.3, 0.4) is 0 Å². The average molecular weight is 515 g/mol. The molecule has 1 aliphatic carbocycles. The second kappa shape index (κ2) is 11.9.